The number of hydrogen-bond acceptors (Lipinski definition) is 3. The molecule has 2 bridgehead atoms. The van der Waals surface area contributed by atoms with Gasteiger partial charge in [0.2, 0.25) is 0 Å². The second kappa shape index (κ2) is 9.12. The normalized spacial score (nSPS) is 24.6. The highest BCUT2D eigenvalue weighted by molar-refractivity contribution is 5.79. The molecule has 8 heteroatoms. The smallest absolute Gasteiger partial charge is 0.416 e. The number of nitrogens with zero attached hydrogens (tertiary/aromatic N) is 1. The van der Waals surface area contributed by atoms with Crippen LogP contribution in [0.2, 0.25) is 0 Å². The molecule has 2 saturated heterocycles. The van der Waals surface area contributed by atoms with Crippen LogP contribution >= 0.6 is 0 Å². The molecule has 0 saturated carbocycles. The van der Waals surface area contributed by atoms with E-state index in [0.717, 1.165) is 40.8 Å². The molecule has 2 atom stereocenters. The predicted octanol–water partition coefficient (Wildman–Crippen LogP) is 7.00. The Morgan fingerprint density at radius 3 is 2.11 bits per heavy atom. The lowest BCUT2D eigenvalue weighted by atomic mass is 9.72. The van der Waals surface area contributed by atoms with Crippen LogP contribution in [0.15, 0.2) is 66.7 Å². The summed E-state index contributed by atoms with van der Waals surface area (Å²) in [5.41, 5.74) is 1.54. The molecule has 2 fully saturated rings. The van der Waals surface area contributed by atoms with E-state index >= 15 is 0 Å². The Labute approximate surface area is 217 Å². The van der Waals surface area contributed by atoms with E-state index in [2.05, 4.69) is 12.1 Å². The standard InChI is InChI=1S/C30H27F4NO3/c31-20-13-18(12-19(14-20)30(32,33)34)29(37)15-21-6-5-7-22(16-29)35(21)28(36)38-17-27-25-10-3-1-8-23(25)24-9-2-4-11-26(24)27/h1-4,8-14,21-22,27,37H,5-7,15-17H2. The van der Waals surface area contributed by atoms with Crippen LogP contribution in [0.3, 0.4) is 0 Å². The predicted molar refractivity (Wildman–Crippen MR) is 133 cm³/mol. The van der Waals surface area contributed by atoms with E-state index in [1.807, 2.05) is 36.4 Å². The highest BCUT2D eigenvalue weighted by atomic mass is 19.4. The number of aliphatic hydroxyl groups is 1. The summed E-state index contributed by atoms with van der Waals surface area (Å²) in [5.74, 6) is -1.15. The van der Waals surface area contributed by atoms with Gasteiger partial charge in [0.25, 0.3) is 0 Å². The SMILES string of the molecule is O=C(OCC1c2ccccc2-c2ccccc21)N1C2CCCC1CC(O)(c1cc(F)cc(C(F)(F)F)c1)C2. The zero-order valence-corrected chi connectivity index (χ0v) is 20.5. The lowest BCUT2D eigenvalue weighted by Crippen LogP contribution is -2.59. The molecule has 1 N–H and O–H groups in total. The summed E-state index contributed by atoms with van der Waals surface area (Å²) >= 11 is 0. The molecule has 198 valence electrons. The van der Waals surface area contributed by atoms with E-state index in [1.54, 1.807) is 4.90 Å². The Morgan fingerprint density at radius 2 is 1.53 bits per heavy atom. The average Bonchev–Trinajstić information content (AvgIpc) is 3.19. The summed E-state index contributed by atoms with van der Waals surface area (Å²) in [5, 5.41) is 11.5. The number of fused-ring (bicyclic) bond motifs is 5. The Balaban J connectivity index is 1.21. The van der Waals surface area contributed by atoms with Crippen LogP contribution in [0, 0.1) is 5.82 Å². The Morgan fingerprint density at radius 1 is 0.947 bits per heavy atom. The third-order valence-corrected chi connectivity index (χ3v) is 8.32. The van der Waals surface area contributed by atoms with Crippen molar-refractivity contribution in [3.8, 4) is 11.1 Å². The maximum atomic E-state index is 14.1. The second-order valence-corrected chi connectivity index (χ2v) is 10.6. The first-order chi connectivity index (χ1) is 18.1. The van der Waals surface area contributed by atoms with Crippen LogP contribution < -0.4 is 0 Å². The first-order valence-corrected chi connectivity index (χ1v) is 12.9. The third-order valence-electron chi connectivity index (χ3n) is 8.32. The molecule has 2 heterocycles. The molecule has 4 nitrogen and oxygen atoms in total. The van der Waals surface area contributed by atoms with Crippen LogP contribution in [0.1, 0.15) is 60.3 Å². The summed E-state index contributed by atoms with van der Waals surface area (Å²) in [4.78, 5) is 15.0. The molecule has 0 radical (unpaired) electrons. The van der Waals surface area contributed by atoms with Gasteiger partial charge in [0.15, 0.2) is 0 Å². The van der Waals surface area contributed by atoms with Gasteiger partial charge in [-0.05, 0) is 65.3 Å². The molecule has 1 amide bonds. The van der Waals surface area contributed by atoms with Crippen molar-refractivity contribution in [2.45, 2.75) is 61.9 Å². The fraction of sp³-hybridized carbons (Fsp3) is 0.367. The number of carbonyl (C=O) groups excluding carboxylic acids is 1. The number of ether oxygens (including phenoxy) is 1. The Kier molecular flexibility index (Phi) is 5.98. The van der Waals surface area contributed by atoms with Gasteiger partial charge in [-0.3, -0.25) is 0 Å². The highest BCUT2D eigenvalue weighted by Gasteiger charge is 2.49. The molecule has 1 aliphatic carbocycles. The van der Waals surface area contributed by atoms with Gasteiger partial charge in [0.1, 0.15) is 12.4 Å². The molecule has 3 aromatic rings. The number of rotatable bonds is 3. The molecule has 0 spiro atoms. The minimum atomic E-state index is -4.73. The van der Waals surface area contributed by atoms with Crippen molar-refractivity contribution < 1.29 is 32.2 Å². The van der Waals surface area contributed by atoms with E-state index in [4.69, 9.17) is 4.74 Å². The van der Waals surface area contributed by atoms with E-state index in [0.29, 0.717) is 18.9 Å². The quantitative estimate of drug-likeness (QED) is 0.375. The van der Waals surface area contributed by atoms with Crippen molar-refractivity contribution in [1.82, 2.24) is 4.90 Å². The van der Waals surface area contributed by atoms with Crippen LogP contribution in [0.5, 0.6) is 0 Å². The molecule has 2 aliphatic heterocycles. The van der Waals surface area contributed by atoms with Crippen LogP contribution in [-0.4, -0.2) is 34.8 Å². The molecular formula is C30H27F4NO3. The van der Waals surface area contributed by atoms with Crippen molar-refractivity contribution in [3.05, 3.63) is 94.8 Å². The molecule has 38 heavy (non-hydrogen) atoms. The number of amides is 1. The van der Waals surface area contributed by atoms with E-state index in [1.165, 1.54) is 0 Å². The first kappa shape index (κ1) is 24.9. The molecule has 3 aliphatic rings. The number of piperidine rings is 2. The lowest BCUT2D eigenvalue weighted by Gasteiger charge is -2.51. The first-order valence-electron chi connectivity index (χ1n) is 12.9. The molecule has 3 aromatic carbocycles. The van der Waals surface area contributed by atoms with Gasteiger partial charge >= 0.3 is 12.3 Å². The van der Waals surface area contributed by atoms with Gasteiger partial charge in [-0.25, -0.2) is 9.18 Å². The maximum absolute atomic E-state index is 14.1. The Bertz CT molecular complexity index is 1330. The number of halogens is 4. The van der Waals surface area contributed by atoms with Crippen molar-refractivity contribution >= 4 is 6.09 Å². The van der Waals surface area contributed by atoms with Crippen LogP contribution in [0.4, 0.5) is 22.4 Å². The summed E-state index contributed by atoms with van der Waals surface area (Å²) in [6.45, 7) is 0.159. The lowest BCUT2D eigenvalue weighted by molar-refractivity contribution is -0.138. The van der Waals surface area contributed by atoms with Crippen LogP contribution in [-0.2, 0) is 16.5 Å². The maximum Gasteiger partial charge on any atom is 0.416 e. The zero-order valence-electron chi connectivity index (χ0n) is 20.5. The van der Waals surface area contributed by atoms with Crippen molar-refractivity contribution in [1.29, 1.82) is 0 Å². The summed E-state index contributed by atoms with van der Waals surface area (Å²) in [7, 11) is 0. The minimum absolute atomic E-state index is 0.0223. The fourth-order valence-corrected chi connectivity index (χ4v) is 6.65. The van der Waals surface area contributed by atoms with E-state index in [9.17, 15) is 27.5 Å². The number of alkyl halides is 3. The molecule has 2 unspecified atom stereocenters. The molecule has 6 rings (SSSR count). The highest BCUT2D eigenvalue weighted by Crippen LogP contribution is 2.47. The van der Waals surface area contributed by atoms with Crippen molar-refractivity contribution in [2.75, 3.05) is 6.61 Å². The monoisotopic (exact) mass is 525 g/mol. The average molecular weight is 526 g/mol. The topological polar surface area (TPSA) is 49.8 Å². The van der Waals surface area contributed by atoms with E-state index < -0.39 is 41.3 Å². The van der Waals surface area contributed by atoms with Gasteiger partial charge in [-0.1, -0.05) is 48.5 Å². The van der Waals surface area contributed by atoms with Crippen molar-refractivity contribution in [2.24, 2.45) is 0 Å². The fourth-order valence-electron chi connectivity index (χ4n) is 6.65. The molecular weight excluding hydrogens is 498 g/mol. The third kappa shape index (κ3) is 4.25. The number of benzene rings is 3. The number of hydrogen-bond donors (Lipinski definition) is 1. The minimum Gasteiger partial charge on any atom is -0.448 e. The summed E-state index contributed by atoms with van der Waals surface area (Å²) in [6, 6.07) is 17.5. The van der Waals surface area contributed by atoms with Gasteiger partial charge in [0.05, 0.1) is 11.2 Å². The van der Waals surface area contributed by atoms with E-state index in [-0.39, 0.29) is 30.9 Å². The van der Waals surface area contributed by atoms with Gasteiger partial charge in [-0.2, -0.15) is 13.2 Å². The van der Waals surface area contributed by atoms with Crippen LogP contribution in [0.25, 0.3) is 11.1 Å². The second-order valence-electron chi connectivity index (χ2n) is 10.6. The van der Waals surface area contributed by atoms with Gasteiger partial charge < -0.3 is 14.7 Å². The largest absolute Gasteiger partial charge is 0.448 e. The number of carbonyl (C=O) groups is 1. The summed E-state index contributed by atoms with van der Waals surface area (Å²) in [6.07, 6.45) is -3.17. The van der Waals surface area contributed by atoms with Gasteiger partial charge in [0, 0.05) is 30.8 Å². The molecule has 0 aromatic heterocycles. The van der Waals surface area contributed by atoms with Gasteiger partial charge in [-0.15, -0.1) is 0 Å². The van der Waals surface area contributed by atoms with Crippen molar-refractivity contribution in [3.63, 3.8) is 0 Å². The zero-order chi connectivity index (χ0) is 26.7. The summed E-state index contributed by atoms with van der Waals surface area (Å²) < 4.78 is 60.0. The Hall–Kier alpha value is -3.39.